The van der Waals surface area contributed by atoms with Crippen LogP contribution in [0.4, 0.5) is 0 Å². The maximum Gasteiger partial charge on any atom is 0.136 e. The van der Waals surface area contributed by atoms with Crippen molar-refractivity contribution in [1.82, 2.24) is 0 Å². The first-order chi connectivity index (χ1) is 7.36. The monoisotopic (exact) mass is 222 g/mol. The molecule has 3 saturated carbocycles. The van der Waals surface area contributed by atoms with Gasteiger partial charge in [-0.25, -0.2) is 0 Å². The highest BCUT2D eigenvalue weighted by atomic mass is 16.3. The average molecular weight is 222 g/mol. The summed E-state index contributed by atoms with van der Waals surface area (Å²) in [5.74, 6) is 2.12. The molecule has 0 bridgehead atoms. The zero-order valence-electron chi connectivity index (χ0n) is 10.5. The molecule has 0 saturated heterocycles. The third-order valence-electron chi connectivity index (χ3n) is 5.65. The van der Waals surface area contributed by atoms with Gasteiger partial charge in [0.2, 0.25) is 0 Å². The largest absolute Gasteiger partial charge is 0.390 e. The van der Waals surface area contributed by atoms with Crippen LogP contribution in [0.1, 0.15) is 46.5 Å². The Morgan fingerprint density at radius 1 is 1.19 bits per heavy atom. The molecule has 1 N–H and O–H groups in total. The van der Waals surface area contributed by atoms with Crippen LogP contribution in [0.5, 0.6) is 0 Å². The summed E-state index contributed by atoms with van der Waals surface area (Å²) >= 11 is 0. The lowest BCUT2D eigenvalue weighted by atomic mass is 9.79. The lowest BCUT2D eigenvalue weighted by Crippen LogP contribution is -2.34. The van der Waals surface area contributed by atoms with Gasteiger partial charge in [0.05, 0.1) is 5.60 Å². The summed E-state index contributed by atoms with van der Waals surface area (Å²) in [5.41, 5.74) is -0.374. The Kier molecular flexibility index (Phi) is 1.95. The normalized spacial score (nSPS) is 54.1. The zero-order valence-corrected chi connectivity index (χ0v) is 10.5. The van der Waals surface area contributed by atoms with Crippen LogP contribution < -0.4 is 0 Å². The fourth-order valence-corrected chi connectivity index (χ4v) is 4.78. The molecule has 0 heterocycles. The third-order valence-corrected chi connectivity index (χ3v) is 5.65. The topological polar surface area (TPSA) is 37.3 Å². The van der Waals surface area contributed by atoms with E-state index in [0.29, 0.717) is 23.5 Å². The molecule has 0 radical (unpaired) electrons. The van der Waals surface area contributed by atoms with Crippen LogP contribution in [0.2, 0.25) is 0 Å². The second-order valence-electron chi connectivity index (χ2n) is 7.01. The number of hydrogen-bond acceptors (Lipinski definition) is 2. The summed E-state index contributed by atoms with van der Waals surface area (Å²) < 4.78 is 0. The fourth-order valence-electron chi connectivity index (χ4n) is 4.78. The third kappa shape index (κ3) is 1.20. The fraction of sp³-hybridized carbons (Fsp3) is 0.929. The smallest absolute Gasteiger partial charge is 0.136 e. The van der Waals surface area contributed by atoms with Crippen LogP contribution in [0.3, 0.4) is 0 Å². The molecule has 3 rings (SSSR count). The van der Waals surface area contributed by atoms with E-state index in [4.69, 9.17) is 0 Å². The van der Waals surface area contributed by atoms with Crippen molar-refractivity contribution in [3.8, 4) is 0 Å². The van der Waals surface area contributed by atoms with E-state index in [0.717, 1.165) is 25.7 Å². The molecule has 3 aliphatic carbocycles. The van der Waals surface area contributed by atoms with Crippen molar-refractivity contribution in [3.63, 3.8) is 0 Å². The summed E-state index contributed by atoms with van der Waals surface area (Å²) in [6, 6.07) is 0. The van der Waals surface area contributed by atoms with Gasteiger partial charge >= 0.3 is 0 Å². The van der Waals surface area contributed by atoms with E-state index in [2.05, 4.69) is 13.8 Å². The predicted molar refractivity (Wildman–Crippen MR) is 61.8 cm³/mol. The second-order valence-corrected chi connectivity index (χ2v) is 7.01. The Hall–Kier alpha value is -0.370. The van der Waals surface area contributed by atoms with E-state index < -0.39 is 5.60 Å². The minimum Gasteiger partial charge on any atom is -0.390 e. The highest BCUT2D eigenvalue weighted by Gasteiger charge is 2.69. The zero-order chi connectivity index (χ0) is 11.7. The highest BCUT2D eigenvalue weighted by molar-refractivity contribution is 5.85. The second kappa shape index (κ2) is 2.90. The Bertz CT molecular complexity index is 343. The molecule has 90 valence electrons. The molecular formula is C14H22O2. The number of ketones is 1. The van der Waals surface area contributed by atoms with Crippen molar-refractivity contribution < 1.29 is 9.90 Å². The number of carbonyl (C=O) groups is 1. The number of rotatable bonds is 0. The maximum absolute atomic E-state index is 12.0. The molecule has 2 heteroatoms. The average Bonchev–Trinajstić information content (AvgIpc) is 2.65. The lowest BCUT2D eigenvalue weighted by molar-refractivity contribution is -0.121. The molecule has 5 atom stereocenters. The Labute approximate surface area is 97.4 Å². The van der Waals surface area contributed by atoms with E-state index in [1.807, 2.05) is 6.92 Å². The summed E-state index contributed by atoms with van der Waals surface area (Å²) in [6.45, 7) is 6.40. The van der Waals surface area contributed by atoms with Gasteiger partial charge in [0.1, 0.15) is 5.78 Å². The molecule has 0 aliphatic heterocycles. The molecule has 0 aromatic heterocycles. The van der Waals surface area contributed by atoms with E-state index in [9.17, 15) is 9.90 Å². The van der Waals surface area contributed by atoms with Gasteiger partial charge in [-0.1, -0.05) is 13.8 Å². The van der Waals surface area contributed by atoms with Gasteiger partial charge in [0.15, 0.2) is 0 Å². The molecule has 2 nitrogen and oxygen atoms in total. The van der Waals surface area contributed by atoms with Gasteiger partial charge in [0.25, 0.3) is 0 Å². The summed E-state index contributed by atoms with van der Waals surface area (Å²) in [7, 11) is 0. The highest BCUT2D eigenvalue weighted by Crippen LogP contribution is 2.69. The first-order valence-electron chi connectivity index (χ1n) is 6.61. The quantitative estimate of drug-likeness (QED) is 0.683. The van der Waals surface area contributed by atoms with Crippen molar-refractivity contribution >= 4 is 5.78 Å². The number of fused-ring (bicyclic) bond motifs is 3. The van der Waals surface area contributed by atoms with Crippen LogP contribution in [-0.2, 0) is 4.79 Å². The van der Waals surface area contributed by atoms with Gasteiger partial charge in [-0.3, -0.25) is 4.79 Å². The lowest BCUT2D eigenvalue weighted by Gasteiger charge is -2.30. The van der Waals surface area contributed by atoms with Crippen molar-refractivity contribution in [1.29, 1.82) is 0 Å². The van der Waals surface area contributed by atoms with Gasteiger partial charge in [-0.05, 0) is 49.4 Å². The van der Waals surface area contributed by atoms with Gasteiger partial charge in [-0.2, -0.15) is 0 Å². The molecule has 3 fully saturated rings. The molecule has 3 aliphatic rings. The van der Waals surface area contributed by atoms with Crippen molar-refractivity contribution in [2.75, 3.05) is 0 Å². The summed E-state index contributed by atoms with van der Waals surface area (Å²) in [6.07, 6.45) is 3.81. The number of carbonyl (C=O) groups excluding carboxylic acids is 1. The molecule has 16 heavy (non-hydrogen) atoms. The maximum atomic E-state index is 12.0. The SMILES string of the molecule is CC1(O)CCC2CCC(=O)C3C(C21)C3(C)C. The molecule has 5 unspecified atom stereocenters. The van der Waals surface area contributed by atoms with Gasteiger partial charge < -0.3 is 5.11 Å². The standard InChI is InChI=1S/C14H22O2/c1-13(2)11-9(15)5-4-8-6-7-14(3,16)10(8)12(11)13/h8,10-12,16H,4-7H2,1-3H3. The van der Waals surface area contributed by atoms with E-state index in [1.54, 1.807) is 0 Å². The van der Waals surface area contributed by atoms with Gasteiger partial charge in [-0.15, -0.1) is 0 Å². The Balaban J connectivity index is 1.97. The number of hydrogen-bond donors (Lipinski definition) is 1. The molecule has 0 amide bonds. The summed E-state index contributed by atoms with van der Waals surface area (Å²) in [5, 5.41) is 10.5. The Morgan fingerprint density at radius 2 is 1.88 bits per heavy atom. The van der Waals surface area contributed by atoms with Crippen LogP contribution >= 0.6 is 0 Å². The van der Waals surface area contributed by atoms with Crippen LogP contribution in [0, 0.1) is 29.1 Å². The van der Waals surface area contributed by atoms with Gasteiger partial charge in [0, 0.05) is 12.3 Å². The van der Waals surface area contributed by atoms with E-state index >= 15 is 0 Å². The van der Waals surface area contributed by atoms with Crippen molar-refractivity contribution in [2.24, 2.45) is 29.1 Å². The number of Topliss-reactive ketones (excluding diaryl/α,β-unsaturated/α-hetero) is 1. The van der Waals surface area contributed by atoms with E-state index in [1.165, 1.54) is 0 Å². The predicted octanol–water partition coefficient (Wildman–Crippen LogP) is 2.40. The molecular weight excluding hydrogens is 200 g/mol. The van der Waals surface area contributed by atoms with Crippen molar-refractivity contribution in [3.05, 3.63) is 0 Å². The minimum atomic E-state index is -0.522. The molecule has 0 aromatic carbocycles. The van der Waals surface area contributed by atoms with Crippen molar-refractivity contribution in [2.45, 2.75) is 52.1 Å². The molecule has 0 aromatic rings. The minimum absolute atomic E-state index is 0.148. The Morgan fingerprint density at radius 3 is 2.56 bits per heavy atom. The van der Waals surface area contributed by atoms with Crippen LogP contribution in [-0.4, -0.2) is 16.5 Å². The first kappa shape index (κ1) is 10.8. The first-order valence-corrected chi connectivity index (χ1v) is 6.61. The van der Waals surface area contributed by atoms with Crippen LogP contribution in [0.25, 0.3) is 0 Å². The van der Waals surface area contributed by atoms with Crippen LogP contribution in [0.15, 0.2) is 0 Å². The summed E-state index contributed by atoms with van der Waals surface area (Å²) in [4.78, 5) is 12.0. The van der Waals surface area contributed by atoms with E-state index in [-0.39, 0.29) is 11.3 Å². The number of aliphatic hydroxyl groups is 1. The molecule has 0 spiro atoms.